The van der Waals surface area contributed by atoms with E-state index in [4.69, 9.17) is 5.10 Å². The number of H-pyrrole nitrogens is 1. The third-order valence-electron chi connectivity index (χ3n) is 6.22. The normalized spacial score (nSPS) is 16.6. The number of benzene rings is 1. The van der Waals surface area contributed by atoms with E-state index in [-0.39, 0.29) is 25.1 Å². The number of nitrogens with one attached hydrogen (secondary N) is 1. The van der Waals surface area contributed by atoms with Gasteiger partial charge in [-0.3, -0.25) is 13.6 Å². The highest BCUT2D eigenvalue weighted by atomic mass is 32.2. The molecule has 0 amide bonds. The van der Waals surface area contributed by atoms with E-state index in [1.54, 1.807) is 24.6 Å². The van der Waals surface area contributed by atoms with Gasteiger partial charge in [0.05, 0.1) is 32.8 Å². The first kappa shape index (κ1) is 23.2. The largest absolute Gasteiger partial charge is 0.346 e. The predicted molar refractivity (Wildman–Crippen MR) is 137 cm³/mol. The number of nitrogens with zero attached hydrogens (tertiary/aromatic N) is 6. The smallest absolute Gasteiger partial charge is 0.285 e. The summed E-state index contributed by atoms with van der Waals surface area (Å²) >= 11 is 0. The quantitative estimate of drug-likeness (QED) is 0.398. The number of rotatable bonds is 4. The molecule has 0 saturated carbocycles. The van der Waals surface area contributed by atoms with Crippen LogP contribution in [0.5, 0.6) is 0 Å². The number of hydrogen-bond donors (Lipinski definition) is 1. The summed E-state index contributed by atoms with van der Waals surface area (Å²) in [5.74, 6) is 0.502. The number of fused-ring (bicyclic) bond motifs is 2. The van der Waals surface area contributed by atoms with Gasteiger partial charge in [0.1, 0.15) is 17.8 Å². The molecule has 6 rings (SSSR count). The first-order valence-electron chi connectivity index (χ1n) is 10.8. The van der Waals surface area contributed by atoms with Crippen LogP contribution in [-0.2, 0) is 10.8 Å². The van der Waals surface area contributed by atoms with Gasteiger partial charge in [0.15, 0.2) is 17.2 Å². The van der Waals surface area contributed by atoms with Crippen LogP contribution in [0.25, 0.3) is 22.2 Å². The fraction of sp³-hybridized carbons (Fsp3) is 0.217. The van der Waals surface area contributed by atoms with Gasteiger partial charge in [0.25, 0.3) is 5.56 Å². The molecule has 180 valence electrons. The van der Waals surface area contributed by atoms with Crippen LogP contribution in [0.2, 0.25) is 0 Å². The summed E-state index contributed by atoms with van der Waals surface area (Å²) < 4.78 is 29.7. The maximum atomic E-state index is 14.5. The van der Waals surface area contributed by atoms with Gasteiger partial charge in [-0.1, -0.05) is 18.2 Å². The Labute approximate surface area is 208 Å². The Morgan fingerprint density at radius 2 is 1.97 bits per heavy atom. The van der Waals surface area contributed by atoms with Crippen molar-refractivity contribution < 1.29 is 8.60 Å². The molecule has 0 bridgehead atoms. The molecule has 5 aromatic rings. The van der Waals surface area contributed by atoms with E-state index in [1.807, 2.05) is 18.2 Å². The monoisotopic (exact) mass is 511 g/mol. The number of hydrogen-bond acceptors (Lipinski definition) is 6. The standard InChI is InChI=1S/C23H20FN7O2S.H2S/c1-34(33)17-12-25-20-18(17)22(27-13-26-20)29-10-5-8-16(29)21-28-30-11-9-15(24)19(30)23(32)31(21)14-6-3-2-4-7-14;/h2-4,6-7,9,11-13,16H,5,8,10H2,1H3,(H,25,26,27);1H2/t16-,34?;/m0./s1. The van der Waals surface area contributed by atoms with E-state index < -0.39 is 22.2 Å². The van der Waals surface area contributed by atoms with E-state index in [0.717, 1.165) is 12.8 Å². The molecule has 2 atom stereocenters. The zero-order chi connectivity index (χ0) is 23.4. The molecule has 0 spiro atoms. The molecule has 1 aliphatic heterocycles. The molecule has 1 unspecified atom stereocenters. The van der Waals surface area contributed by atoms with Gasteiger partial charge in [-0.05, 0) is 31.0 Å². The lowest BCUT2D eigenvalue weighted by Crippen LogP contribution is -2.33. The van der Waals surface area contributed by atoms with Crippen molar-refractivity contribution in [3.05, 3.63) is 77.1 Å². The molecular formula is C23H22FN7O2S2. The fourth-order valence-corrected chi connectivity index (χ4v) is 5.44. The van der Waals surface area contributed by atoms with Crippen molar-refractivity contribution in [1.29, 1.82) is 0 Å². The van der Waals surface area contributed by atoms with Crippen LogP contribution < -0.4 is 10.5 Å². The summed E-state index contributed by atoms with van der Waals surface area (Å²) in [4.78, 5) is 28.1. The van der Waals surface area contributed by atoms with Crippen LogP contribution in [-0.4, -0.2) is 46.1 Å². The lowest BCUT2D eigenvalue weighted by atomic mass is 10.2. The number of para-hydroxylation sites is 1. The summed E-state index contributed by atoms with van der Waals surface area (Å²) in [5, 5.41) is 5.39. The Bertz CT molecular complexity index is 1630. The number of aromatic amines is 1. The summed E-state index contributed by atoms with van der Waals surface area (Å²) in [7, 11) is -1.25. The van der Waals surface area contributed by atoms with E-state index in [2.05, 4.69) is 19.9 Å². The van der Waals surface area contributed by atoms with Gasteiger partial charge in [-0.2, -0.15) is 18.6 Å². The number of aromatic nitrogens is 6. The maximum absolute atomic E-state index is 14.5. The average Bonchev–Trinajstić information content (AvgIpc) is 3.57. The Kier molecular flexibility index (Phi) is 5.93. The first-order chi connectivity index (χ1) is 16.5. The van der Waals surface area contributed by atoms with Crippen LogP contribution in [0.1, 0.15) is 24.7 Å². The molecule has 12 heteroatoms. The van der Waals surface area contributed by atoms with Gasteiger partial charge in [0.2, 0.25) is 0 Å². The minimum atomic E-state index is -1.25. The molecule has 1 aliphatic rings. The zero-order valence-electron chi connectivity index (χ0n) is 18.7. The SMILES string of the molecule is CS(=O)c1c[nH]c2ncnc(N3CCC[C@H]3c3nn4ccc(F)c4c(=O)n3-c3ccccc3)c12.S. The lowest BCUT2D eigenvalue weighted by Gasteiger charge is -2.27. The molecule has 5 heterocycles. The van der Waals surface area contributed by atoms with Gasteiger partial charge in [0, 0.05) is 25.2 Å². The second-order valence-corrected chi connectivity index (χ2v) is 9.52. The van der Waals surface area contributed by atoms with E-state index in [9.17, 15) is 13.4 Å². The van der Waals surface area contributed by atoms with Crippen LogP contribution in [0.3, 0.4) is 0 Å². The molecule has 0 radical (unpaired) electrons. The third-order valence-corrected chi connectivity index (χ3v) is 7.16. The van der Waals surface area contributed by atoms with E-state index in [0.29, 0.717) is 39.8 Å². The molecule has 1 aromatic carbocycles. The maximum Gasteiger partial charge on any atom is 0.285 e. The summed E-state index contributed by atoms with van der Waals surface area (Å²) in [6, 6.07) is 10.0. The first-order valence-corrected chi connectivity index (χ1v) is 12.4. The summed E-state index contributed by atoms with van der Waals surface area (Å²) in [6.07, 6.45) is 7.79. The highest BCUT2D eigenvalue weighted by molar-refractivity contribution is 7.84. The highest BCUT2D eigenvalue weighted by Gasteiger charge is 2.34. The molecule has 1 fully saturated rings. The van der Waals surface area contributed by atoms with E-state index >= 15 is 0 Å². The lowest BCUT2D eigenvalue weighted by molar-refractivity contribution is 0.593. The fourth-order valence-electron chi connectivity index (χ4n) is 4.74. The molecule has 1 saturated heterocycles. The molecule has 1 N–H and O–H groups in total. The van der Waals surface area contributed by atoms with Crippen LogP contribution >= 0.6 is 13.5 Å². The van der Waals surface area contributed by atoms with Crippen LogP contribution in [0, 0.1) is 5.82 Å². The van der Waals surface area contributed by atoms with Gasteiger partial charge < -0.3 is 9.88 Å². The van der Waals surface area contributed by atoms with Crippen molar-refractivity contribution in [3.8, 4) is 5.69 Å². The van der Waals surface area contributed by atoms with Crippen LogP contribution in [0.4, 0.5) is 10.2 Å². The van der Waals surface area contributed by atoms with Crippen molar-refractivity contribution >= 4 is 46.7 Å². The minimum absolute atomic E-state index is 0. The molecule has 35 heavy (non-hydrogen) atoms. The number of halogens is 1. The van der Waals surface area contributed by atoms with Gasteiger partial charge >= 0.3 is 0 Å². The van der Waals surface area contributed by atoms with Crippen molar-refractivity contribution in [1.82, 2.24) is 29.1 Å². The molecular weight excluding hydrogens is 489 g/mol. The average molecular weight is 512 g/mol. The topological polar surface area (TPSA) is 101 Å². The molecule has 0 aliphatic carbocycles. The van der Waals surface area contributed by atoms with Crippen LogP contribution in [0.15, 0.2) is 64.8 Å². The summed E-state index contributed by atoms with van der Waals surface area (Å²) in [6.45, 7) is 0.667. The van der Waals surface area contributed by atoms with Crippen molar-refractivity contribution in [2.24, 2.45) is 0 Å². The second kappa shape index (κ2) is 8.93. The summed E-state index contributed by atoms with van der Waals surface area (Å²) in [5.41, 5.74) is 0.623. The van der Waals surface area contributed by atoms with Gasteiger partial charge in [-0.25, -0.2) is 18.9 Å². The minimum Gasteiger partial charge on any atom is -0.346 e. The Balaban J connectivity index is 0.00000253. The van der Waals surface area contributed by atoms with Crippen molar-refractivity contribution in [2.45, 2.75) is 23.8 Å². The Hall–Kier alpha value is -3.51. The van der Waals surface area contributed by atoms with Crippen molar-refractivity contribution in [3.63, 3.8) is 0 Å². The predicted octanol–water partition coefficient (Wildman–Crippen LogP) is 3.09. The Morgan fingerprint density at radius 3 is 2.74 bits per heavy atom. The number of anilines is 1. The third kappa shape index (κ3) is 3.64. The van der Waals surface area contributed by atoms with Gasteiger partial charge in [-0.15, -0.1) is 0 Å². The van der Waals surface area contributed by atoms with E-state index in [1.165, 1.54) is 27.7 Å². The second-order valence-electron chi connectivity index (χ2n) is 8.17. The molecule has 9 nitrogen and oxygen atoms in total. The molecule has 4 aromatic heterocycles. The highest BCUT2D eigenvalue weighted by Crippen LogP contribution is 2.39. The Morgan fingerprint density at radius 1 is 1.17 bits per heavy atom. The van der Waals surface area contributed by atoms with Crippen molar-refractivity contribution in [2.75, 3.05) is 17.7 Å². The zero-order valence-corrected chi connectivity index (χ0v) is 20.5.